The molecule has 23 heavy (non-hydrogen) atoms. The van der Waals surface area contributed by atoms with Gasteiger partial charge in [-0.1, -0.05) is 13.8 Å². The molecule has 1 aromatic rings. The molecule has 0 aromatic heterocycles. The van der Waals surface area contributed by atoms with Crippen LogP contribution in [0.25, 0.3) is 0 Å². The van der Waals surface area contributed by atoms with Crippen LogP contribution in [-0.2, 0) is 4.79 Å². The number of rotatable bonds is 7. The zero-order valence-corrected chi connectivity index (χ0v) is 14.4. The Hall–Kier alpha value is -1.46. The molecule has 4 nitrogen and oxygen atoms in total. The van der Waals surface area contributed by atoms with Gasteiger partial charge in [0, 0.05) is 25.3 Å². The van der Waals surface area contributed by atoms with Gasteiger partial charge in [-0.25, -0.2) is 4.39 Å². The van der Waals surface area contributed by atoms with E-state index in [1.807, 2.05) is 6.92 Å². The summed E-state index contributed by atoms with van der Waals surface area (Å²) in [5.41, 5.74) is 1.63. The second-order valence-corrected chi connectivity index (χ2v) is 6.10. The van der Waals surface area contributed by atoms with Crippen molar-refractivity contribution in [3.63, 3.8) is 0 Å². The van der Waals surface area contributed by atoms with Crippen molar-refractivity contribution in [1.82, 2.24) is 10.2 Å². The standard InChI is InChI=1S/C18H28FN3O/c1-4-21(5-2)12-10-20-16-7-6-11-22(18(16)23)17-9-8-15(19)13-14(17)3/h8-9,13,16,20H,4-7,10-12H2,1-3H3/t16-/m0/s1. The first-order valence-corrected chi connectivity index (χ1v) is 8.60. The molecule has 128 valence electrons. The van der Waals surface area contributed by atoms with Crippen molar-refractivity contribution in [2.75, 3.05) is 37.6 Å². The molecule has 0 spiro atoms. The van der Waals surface area contributed by atoms with Crippen molar-refractivity contribution >= 4 is 11.6 Å². The number of nitrogens with zero attached hydrogens (tertiary/aromatic N) is 2. The summed E-state index contributed by atoms with van der Waals surface area (Å²) in [6.45, 7) is 10.7. The van der Waals surface area contributed by atoms with Crippen LogP contribution in [0.4, 0.5) is 10.1 Å². The van der Waals surface area contributed by atoms with Crippen LogP contribution in [0, 0.1) is 12.7 Å². The van der Waals surface area contributed by atoms with Crippen molar-refractivity contribution in [3.05, 3.63) is 29.6 Å². The van der Waals surface area contributed by atoms with E-state index in [1.54, 1.807) is 11.0 Å². The number of piperidine rings is 1. The molecular formula is C18H28FN3O. The van der Waals surface area contributed by atoms with Crippen LogP contribution in [0.15, 0.2) is 18.2 Å². The smallest absolute Gasteiger partial charge is 0.244 e. The molecular weight excluding hydrogens is 293 g/mol. The second-order valence-electron chi connectivity index (χ2n) is 6.10. The summed E-state index contributed by atoms with van der Waals surface area (Å²) >= 11 is 0. The number of hydrogen-bond donors (Lipinski definition) is 1. The molecule has 1 aliphatic rings. The molecule has 1 aromatic carbocycles. The number of benzene rings is 1. The summed E-state index contributed by atoms with van der Waals surface area (Å²) in [5.74, 6) is -0.157. The first-order valence-electron chi connectivity index (χ1n) is 8.60. The molecule has 1 saturated heterocycles. The first-order chi connectivity index (χ1) is 11.1. The van der Waals surface area contributed by atoms with Gasteiger partial charge in [0.05, 0.1) is 6.04 Å². The third-order valence-corrected chi connectivity index (χ3v) is 4.60. The van der Waals surface area contributed by atoms with E-state index in [0.717, 1.165) is 50.3 Å². The lowest BCUT2D eigenvalue weighted by Gasteiger charge is -2.34. The van der Waals surface area contributed by atoms with E-state index in [-0.39, 0.29) is 17.8 Å². The lowest BCUT2D eigenvalue weighted by molar-refractivity contribution is -0.121. The van der Waals surface area contributed by atoms with Crippen molar-refractivity contribution in [2.45, 2.75) is 39.7 Å². The van der Waals surface area contributed by atoms with Gasteiger partial charge in [-0.3, -0.25) is 4.79 Å². The van der Waals surface area contributed by atoms with Crippen molar-refractivity contribution < 1.29 is 9.18 Å². The predicted octanol–water partition coefficient (Wildman–Crippen LogP) is 2.56. The van der Waals surface area contributed by atoms with E-state index in [0.29, 0.717) is 6.54 Å². The van der Waals surface area contributed by atoms with Gasteiger partial charge in [0.2, 0.25) is 5.91 Å². The fourth-order valence-corrected chi connectivity index (χ4v) is 3.16. The van der Waals surface area contributed by atoms with Crippen molar-refractivity contribution in [2.24, 2.45) is 0 Å². The summed E-state index contributed by atoms with van der Waals surface area (Å²) in [4.78, 5) is 16.9. The number of anilines is 1. The number of aryl methyl sites for hydroxylation is 1. The number of nitrogens with one attached hydrogen (secondary N) is 1. The Morgan fingerprint density at radius 3 is 2.74 bits per heavy atom. The molecule has 0 unspecified atom stereocenters. The van der Waals surface area contributed by atoms with Gasteiger partial charge in [0.25, 0.3) is 0 Å². The van der Waals surface area contributed by atoms with E-state index in [9.17, 15) is 9.18 Å². The van der Waals surface area contributed by atoms with Crippen molar-refractivity contribution in [1.29, 1.82) is 0 Å². The molecule has 1 heterocycles. The van der Waals surface area contributed by atoms with Gasteiger partial charge in [0.15, 0.2) is 0 Å². The average molecular weight is 321 g/mol. The van der Waals surface area contributed by atoms with Crippen LogP contribution >= 0.6 is 0 Å². The van der Waals surface area contributed by atoms with E-state index >= 15 is 0 Å². The number of carbonyl (C=O) groups is 1. The predicted molar refractivity (Wildman–Crippen MR) is 92.3 cm³/mol. The fourth-order valence-electron chi connectivity index (χ4n) is 3.16. The summed E-state index contributed by atoms with van der Waals surface area (Å²) < 4.78 is 13.3. The Balaban J connectivity index is 1.98. The van der Waals surface area contributed by atoms with Crippen LogP contribution in [0.3, 0.4) is 0 Å². The third-order valence-electron chi connectivity index (χ3n) is 4.60. The zero-order valence-electron chi connectivity index (χ0n) is 14.4. The molecule has 0 saturated carbocycles. The highest BCUT2D eigenvalue weighted by molar-refractivity contribution is 5.98. The fraction of sp³-hybridized carbons (Fsp3) is 0.611. The minimum absolute atomic E-state index is 0.102. The largest absolute Gasteiger partial charge is 0.311 e. The quantitative estimate of drug-likeness (QED) is 0.838. The Morgan fingerprint density at radius 1 is 1.35 bits per heavy atom. The maximum Gasteiger partial charge on any atom is 0.244 e. The van der Waals surface area contributed by atoms with Crippen molar-refractivity contribution in [3.8, 4) is 0 Å². The number of likely N-dealkylation sites (N-methyl/N-ethyl adjacent to an activating group) is 1. The average Bonchev–Trinajstić information content (AvgIpc) is 2.54. The highest BCUT2D eigenvalue weighted by Gasteiger charge is 2.29. The molecule has 0 bridgehead atoms. The highest BCUT2D eigenvalue weighted by atomic mass is 19.1. The lowest BCUT2D eigenvalue weighted by atomic mass is 10.0. The molecule has 0 aliphatic carbocycles. The Morgan fingerprint density at radius 2 is 2.09 bits per heavy atom. The first kappa shape index (κ1) is 17.9. The van der Waals surface area contributed by atoms with Gasteiger partial charge < -0.3 is 15.1 Å². The normalized spacial score (nSPS) is 18.7. The summed E-state index contributed by atoms with van der Waals surface area (Å²) in [6.07, 6.45) is 1.83. The minimum atomic E-state index is -0.260. The van der Waals surface area contributed by atoms with Crippen LogP contribution in [0.1, 0.15) is 32.3 Å². The van der Waals surface area contributed by atoms with E-state index < -0.39 is 0 Å². The molecule has 1 fully saturated rings. The summed E-state index contributed by atoms with van der Waals surface area (Å²) in [6, 6.07) is 4.48. The zero-order chi connectivity index (χ0) is 16.8. The maximum atomic E-state index is 13.3. The second kappa shape index (κ2) is 8.41. The van der Waals surface area contributed by atoms with E-state index in [1.165, 1.54) is 12.1 Å². The monoisotopic (exact) mass is 321 g/mol. The molecule has 5 heteroatoms. The van der Waals surface area contributed by atoms with E-state index in [2.05, 4.69) is 24.1 Å². The Labute approximate surface area is 138 Å². The SMILES string of the molecule is CCN(CC)CCN[C@H]1CCCN(c2ccc(F)cc2C)C1=O. The molecule has 1 aliphatic heterocycles. The van der Waals surface area contributed by atoms with Gasteiger partial charge >= 0.3 is 0 Å². The van der Waals surface area contributed by atoms with Gasteiger partial charge in [0.1, 0.15) is 5.82 Å². The topological polar surface area (TPSA) is 35.6 Å². The number of halogens is 1. The number of hydrogen-bond acceptors (Lipinski definition) is 3. The third kappa shape index (κ3) is 4.52. The van der Waals surface area contributed by atoms with Gasteiger partial charge in [-0.15, -0.1) is 0 Å². The molecule has 0 radical (unpaired) electrons. The van der Waals surface area contributed by atoms with Crippen LogP contribution in [0.5, 0.6) is 0 Å². The number of amides is 1. The van der Waals surface area contributed by atoms with Crippen LogP contribution < -0.4 is 10.2 Å². The number of carbonyl (C=O) groups excluding carboxylic acids is 1. The lowest BCUT2D eigenvalue weighted by Crippen LogP contribution is -2.52. The Bertz CT molecular complexity index is 531. The molecule has 1 amide bonds. The molecule has 1 N–H and O–H groups in total. The molecule has 2 rings (SSSR count). The minimum Gasteiger partial charge on any atom is -0.311 e. The summed E-state index contributed by atoms with van der Waals surface area (Å²) in [7, 11) is 0. The Kier molecular flexibility index (Phi) is 6.54. The van der Waals surface area contributed by atoms with Gasteiger partial charge in [-0.2, -0.15) is 0 Å². The maximum absolute atomic E-state index is 13.3. The molecule has 1 atom stereocenters. The highest BCUT2D eigenvalue weighted by Crippen LogP contribution is 2.25. The van der Waals surface area contributed by atoms with Crippen LogP contribution in [-0.4, -0.2) is 49.6 Å². The van der Waals surface area contributed by atoms with E-state index in [4.69, 9.17) is 0 Å². The summed E-state index contributed by atoms with van der Waals surface area (Å²) in [5, 5.41) is 3.39. The van der Waals surface area contributed by atoms with Gasteiger partial charge in [-0.05, 0) is 56.6 Å². The van der Waals surface area contributed by atoms with Crippen LogP contribution in [0.2, 0.25) is 0 Å².